The molecule has 0 N–H and O–H groups in total. The number of rotatable bonds is 7. The summed E-state index contributed by atoms with van der Waals surface area (Å²) in [5.74, 6) is 0.631. The van der Waals surface area contributed by atoms with Crippen molar-refractivity contribution in [3.63, 3.8) is 0 Å². The van der Waals surface area contributed by atoms with Gasteiger partial charge < -0.3 is 14.5 Å². The van der Waals surface area contributed by atoms with E-state index in [0.717, 1.165) is 41.8 Å². The minimum Gasteiger partial charge on any atom is -0.494 e. The summed E-state index contributed by atoms with van der Waals surface area (Å²) in [5.41, 5.74) is 2.00. The van der Waals surface area contributed by atoms with Crippen LogP contribution in [0, 0.1) is 5.82 Å². The topological polar surface area (TPSA) is 41.5 Å². The first-order valence-electron chi connectivity index (χ1n) is 9.43. The van der Waals surface area contributed by atoms with E-state index in [1.807, 2.05) is 33.4 Å². The Kier molecular flexibility index (Phi) is 6.09. The summed E-state index contributed by atoms with van der Waals surface area (Å²) in [6.07, 6.45) is 2.70. The highest BCUT2D eigenvalue weighted by atomic mass is 19.1. The Balaban J connectivity index is 2.18. The number of aryl methyl sites for hydroxylation is 1. The van der Waals surface area contributed by atoms with E-state index in [0.29, 0.717) is 11.3 Å². The number of nitrogens with zero attached hydrogens (tertiary/aromatic N) is 4. The number of ether oxygens (including phenoxy) is 1. The number of pyridine rings is 2. The molecule has 0 aliphatic heterocycles. The summed E-state index contributed by atoms with van der Waals surface area (Å²) in [6.45, 7) is 3.78. The van der Waals surface area contributed by atoms with Gasteiger partial charge in [-0.3, -0.25) is 4.98 Å². The molecule has 0 atom stereocenters. The van der Waals surface area contributed by atoms with Crippen LogP contribution in [0.5, 0.6) is 5.75 Å². The van der Waals surface area contributed by atoms with E-state index in [1.165, 1.54) is 7.11 Å². The third-order valence-electron chi connectivity index (χ3n) is 4.82. The van der Waals surface area contributed by atoms with E-state index in [-0.39, 0.29) is 5.75 Å². The van der Waals surface area contributed by atoms with E-state index in [2.05, 4.69) is 27.8 Å². The monoisotopic (exact) mass is 382 g/mol. The Labute approximate surface area is 165 Å². The zero-order valence-corrected chi connectivity index (χ0v) is 17.2. The third-order valence-corrected chi connectivity index (χ3v) is 4.82. The van der Waals surface area contributed by atoms with Crippen LogP contribution < -0.4 is 9.64 Å². The maximum atomic E-state index is 14.9. The molecule has 0 amide bonds. The summed E-state index contributed by atoms with van der Waals surface area (Å²) < 4.78 is 20.0. The highest BCUT2D eigenvalue weighted by molar-refractivity contribution is 5.94. The smallest absolute Gasteiger partial charge is 0.174 e. The molecule has 0 aliphatic rings. The molecule has 0 bridgehead atoms. The average molecular weight is 382 g/mol. The molecular formula is C22H27FN4O. The van der Waals surface area contributed by atoms with Crippen LogP contribution in [-0.4, -0.2) is 56.2 Å². The molecule has 0 fully saturated rings. The molecule has 0 saturated carbocycles. The van der Waals surface area contributed by atoms with Crippen LogP contribution in [0.1, 0.15) is 12.6 Å². The largest absolute Gasteiger partial charge is 0.494 e. The van der Waals surface area contributed by atoms with Crippen LogP contribution in [0.2, 0.25) is 0 Å². The molecule has 2 heterocycles. The van der Waals surface area contributed by atoms with Crippen LogP contribution in [0.4, 0.5) is 10.2 Å². The van der Waals surface area contributed by atoms with Gasteiger partial charge >= 0.3 is 0 Å². The highest BCUT2D eigenvalue weighted by Crippen LogP contribution is 2.33. The predicted octanol–water partition coefficient (Wildman–Crippen LogP) is 4.00. The molecule has 0 radical (unpaired) electrons. The SMILES string of the molecule is CCc1cc2c(N(C)CCN(C)C)nc(-c3cccc(OC)c3F)cc2cn1. The molecule has 3 rings (SSSR count). The van der Waals surface area contributed by atoms with Gasteiger partial charge in [-0.15, -0.1) is 0 Å². The Hall–Kier alpha value is -2.73. The van der Waals surface area contributed by atoms with Gasteiger partial charge in [0.1, 0.15) is 5.82 Å². The number of hydrogen-bond acceptors (Lipinski definition) is 5. The minimum atomic E-state index is -0.406. The van der Waals surface area contributed by atoms with E-state index < -0.39 is 5.82 Å². The number of fused-ring (bicyclic) bond motifs is 1. The quantitative estimate of drug-likeness (QED) is 0.618. The van der Waals surface area contributed by atoms with E-state index in [4.69, 9.17) is 9.72 Å². The number of hydrogen-bond donors (Lipinski definition) is 0. The molecule has 2 aromatic heterocycles. The summed E-state index contributed by atoms with van der Waals surface area (Å²) in [6, 6.07) is 9.08. The fraction of sp³-hybridized carbons (Fsp3) is 0.364. The second kappa shape index (κ2) is 8.52. The summed E-state index contributed by atoms with van der Waals surface area (Å²) in [4.78, 5) is 13.6. The fourth-order valence-electron chi connectivity index (χ4n) is 3.12. The van der Waals surface area contributed by atoms with E-state index in [1.54, 1.807) is 18.2 Å². The lowest BCUT2D eigenvalue weighted by molar-refractivity contribution is 0.387. The second-order valence-electron chi connectivity index (χ2n) is 7.13. The first kappa shape index (κ1) is 20.0. The second-order valence-corrected chi connectivity index (χ2v) is 7.13. The Morgan fingerprint density at radius 3 is 2.57 bits per heavy atom. The number of likely N-dealkylation sites (N-methyl/N-ethyl adjacent to an activating group) is 2. The molecule has 3 aromatic rings. The maximum Gasteiger partial charge on any atom is 0.174 e. The standard InChI is InChI=1S/C22H27FN4O/c1-6-16-13-18-15(14-24-16)12-19(17-8-7-9-20(28-5)21(17)23)25-22(18)27(4)11-10-26(2)3/h7-9,12-14H,6,10-11H2,1-5H3. The number of methoxy groups -OCH3 is 1. The molecule has 148 valence electrons. The maximum absolute atomic E-state index is 14.9. The molecule has 0 unspecified atom stereocenters. The highest BCUT2D eigenvalue weighted by Gasteiger charge is 2.16. The van der Waals surface area contributed by atoms with Crippen molar-refractivity contribution in [3.05, 3.63) is 48.0 Å². The van der Waals surface area contributed by atoms with Crippen molar-refractivity contribution >= 4 is 16.6 Å². The zero-order chi connectivity index (χ0) is 20.3. The lowest BCUT2D eigenvalue weighted by atomic mass is 10.1. The van der Waals surface area contributed by atoms with Crippen LogP contribution in [0.25, 0.3) is 22.0 Å². The first-order valence-corrected chi connectivity index (χ1v) is 9.43. The summed E-state index contributed by atoms with van der Waals surface area (Å²) in [7, 11) is 7.57. The number of benzene rings is 1. The Bertz CT molecular complexity index is 974. The van der Waals surface area contributed by atoms with E-state index in [9.17, 15) is 4.39 Å². The molecule has 0 saturated heterocycles. The molecule has 0 aliphatic carbocycles. The molecule has 5 nitrogen and oxygen atoms in total. The van der Waals surface area contributed by atoms with E-state index >= 15 is 0 Å². The van der Waals surface area contributed by atoms with Crippen LogP contribution >= 0.6 is 0 Å². The van der Waals surface area contributed by atoms with Crippen molar-refractivity contribution in [2.24, 2.45) is 0 Å². The number of halogens is 1. The van der Waals surface area contributed by atoms with Gasteiger partial charge in [-0.25, -0.2) is 9.37 Å². The van der Waals surface area contributed by atoms with Crippen LogP contribution in [-0.2, 0) is 6.42 Å². The van der Waals surface area contributed by atoms with Crippen molar-refractivity contribution in [2.45, 2.75) is 13.3 Å². The lowest BCUT2D eigenvalue weighted by Crippen LogP contribution is -2.29. The average Bonchev–Trinajstić information content (AvgIpc) is 2.70. The van der Waals surface area contributed by atoms with Gasteiger partial charge in [0, 0.05) is 48.4 Å². The van der Waals surface area contributed by atoms with Gasteiger partial charge in [-0.1, -0.05) is 13.0 Å². The van der Waals surface area contributed by atoms with Crippen molar-refractivity contribution in [1.82, 2.24) is 14.9 Å². The zero-order valence-electron chi connectivity index (χ0n) is 17.2. The molecule has 0 spiro atoms. The van der Waals surface area contributed by atoms with Crippen molar-refractivity contribution < 1.29 is 9.13 Å². The molecule has 28 heavy (non-hydrogen) atoms. The fourth-order valence-corrected chi connectivity index (χ4v) is 3.12. The van der Waals surface area contributed by atoms with Gasteiger partial charge in [-0.2, -0.15) is 0 Å². The van der Waals surface area contributed by atoms with Crippen LogP contribution in [0.15, 0.2) is 36.5 Å². The van der Waals surface area contributed by atoms with Gasteiger partial charge in [0.15, 0.2) is 11.6 Å². The number of anilines is 1. The van der Waals surface area contributed by atoms with Crippen molar-refractivity contribution in [2.75, 3.05) is 46.2 Å². The predicted molar refractivity (Wildman–Crippen MR) is 113 cm³/mol. The summed E-state index contributed by atoms with van der Waals surface area (Å²) >= 11 is 0. The molecule has 6 heteroatoms. The van der Waals surface area contributed by atoms with Gasteiger partial charge in [0.25, 0.3) is 0 Å². The van der Waals surface area contributed by atoms with Crippen LogP contribution in [0.3, 0.4) is 0 Å². The Morgan fingerprint density at radius 2 is 1.89 bits per heavy atom. The van der Waals surface area contributed by atoms with Crippen molar-refractivity contribution in [3.8, 4) is 17.0 Å². The third kappa shape index (κ3) is 4.07. The van der Waals surface area contributed by atoms with Gasteiger partial charge in [0.05, 0.1) is 12.8 Å². The normalized spacial score (nSPS) is 11.2. The lowest BCUT2D eigenvalue weighted by Gasteiger charge is -2.23. The Morgan fingerprint density at radius 1 is 1.11 bits per heavy atom. The number of aromatic nitrogens is 2. The first-order chi connectivity index (χ1) is 13.4. The van der Waals surface area contributed by atoms with Gasteiger partial charge in [0.2, 0.25) is 0 Å². The van der Waals surface area contributed by atoms with Gasteiger partial charge in [-0.05, 0) is 44.8 Å². The van der Waals surface area contributed by atoms with Crippen molar-refractivity contribution in [1.29, 1.82) is 0 Å². The summed E-state index contributed by atoms with van der Waals surface area (Å²) in [5, 5.41) is 1.97. The molecule has 1 aromatic carbocycles. The molecular weight excluding hydrogens is 355 g/mol. The minimum absolute atomic E-state index is 0.210.